The van der Waals surface area contributed by atoms with Gasteiger partial charge in [0.1, 0.15) is 6.61 Å². The Morgan fingerprint density at radius 2 is 1.95 bits per heavy atom. The highest BCUT2D eigenvalue weighted by molar-refractivity contribution is 5.89. The van der Waals surface area contributed by atoms with Crippen molar-refractivity contribution in [3.8, 4) is 6.07 Å². The second-order valence-electron chi connectivity index (χ2n) is 4.25. The van der Waals surface area contributed by atoms with Crippen molar-refractivity contribution in [2.24, 2.45) is 0 Å². The van der Waals surface area contributed by atoms with Crippen LogP contribution in [-0.4, -0.2) is 5.97 Å². The fourth-order valence-corrected chi connectivity index (χ4v) is 1.65. The molecule has 0 aliphatic rings. The van der Waals surface area contributed by atoms with Gasteiger partial charge in [-0.1, -0.05) is 29.8 Å². The first kappa shape index (κ1) is 12.8. The van der Waals surface area contributed by atoms with Crippen LogP contribution in [0.1, 0.15) is 27.0 Å². The van der Waals surface area contributed by atoms with Gasteiger partial charge in [0.25, 0.3) is 0 Å². The molecule has 2 aromatic carbocycles. The highest BCUT2D eigenvalue weighted by atomic mass is 16.5. The molecule has 0 aromatic heterocycles. The third-order valence-electron chi connectivity index (χ3n) is 2.71. The molecule has 0 atom stereocenters. The van der Waals surface area contributed by atoms with Gasteiger partial charge in [-0.15, -0.1) is 0 Å². The SMILES string of the molecule is Cc1ccc(C(=O)OCc2cccc(C#N)c2)cc1. The monoisotopic (exact) mass is 251 g/mol. The second-order valence-corrected chi connectivity index (χ2v) is 4.25. The lowest BCUT2D eigenvalue weighted by atomic mass is 10.1. The summed E-state index contributed by atoms with van der Waals surface area (Å²) in [6.07, 6.45) is 0. The lowest BCUT2D eigenvalue weighted by Crippen LogP contribution is -2.05. The largest absolute Gasteiger partial charge is 0.457 e. The maximum absolute atomic E-state index is 11.8. The van der Waals surface area contributed by atoms with Crippen molar-refractivity contribution in [3.63, 3.8) is 0 Å². The first-order valence-electron chi connectivity index (χ1n) is 5.92. The molecule has 0 aliphatic carbocycles. The summed E-state index contributed by atoms with van der Waals surface area (Å²) < 4.78 is 5.21. The average molecular weight is 251 g/mol. The Morgan fingerprint density at radius 3 is 2.63 bits per heavy atom. The van der Waals surface area contributed by atoms with E-state index in [0.717, 1.165) is 11.1 Å². The Bertz CT molecular complexity index is 624. The molecule has 0 fully saturated rings. The van der Waals surface area contributed by atoms with E-state index in [9.17, 15) is 4.79 Å². The topological polar surface area (TPSA) is 50.1 Å². The minimum absolute atomic E-state index is 0.169. The summed E-state index contributed by atoms with van der Waals surface area (Å²) in [5, 5.41) is 8.79. The van der Waals surface area contributed by atoms with E-state index in [0.29, 0.717) is 11.1 Å². The van der Waals surface area contributed by atoms with E-state index in [4.69, 9.17) is 10.00 Å². The summed E-state index contributed by atoms with van der Waals surface area (Å²) in [5.74, 6) is -0.359. The molecule has 94 valence electrons. The summed E-state index contributed by atoms with van der Waals surface area (Å²) >= 11 is 0. The molecule has 0 saturated carbocycles. The van der Waals surface area contributed by atoms with Gasteiger partial charge in [0.05, 0.1) is 17.2 Å². The smallest absolute Gasteiger partial charge is 0.338 e. The molecule has 0 aliphatic heterocycles. The van der Waals surface area contributed by atoms with E-state index in [1.807, 2.05) is 25.1 Å². The van der Waals surface area contributed by atoms with Gasteiger partial charge in [-0.2, -0.15) is 5.26 Å². The van der Waals surface area contributed by atoms with Gasteiger partial charge in [0, 0.05) is 0 Å². The number of ether oxygens (including phenoxy) is 1. The first-order chi connectivity index (χ1) is 9.19. The first-order valence-corrected chi connectivity index (χ1v) is 5.92. The fraction of sp³-hybridized carbons (Fsp3) is 0.125. The van der Waals surface area contributed by atoms with Crippen molar-refractivity contribution in [2.45, 2.75) is 13.5 Å². The third-order valence-corrected chi connectivity index (χ3v) is 2.71. The van der Waals surface area contributed by atoms with Crippen molar-refractivity contribution in [1.82, 2.24) is 0 Å². The summed E-state index contributed by atoms with van der Waals surface area (Å²) in [5.41, 5.74) is 2.99. The van der Waals surface area contributed by atoms with Crippen LogP contribution >= 0.6 is 0 Å². The van der Waals surface area contributed by atoms with E-state index in [-0.39, 0.29) is 12.6 Å². The second kappa shape index (κ2) is 5.83. The van der Waals surface area contributed by atoms with Crippen molar-refractivity contribution >= 4 is 5.97 Å². The Balaban J connectivity index is 2.00. The Hall–Kier alpha value is -2.60. The third kappa shape index (κ3) is 3.43. The number of carbonyl (C=O) groups excluding carboxylic acids is 1. The van der Waals surface area contributed by atoms with E-state index < -0.39 is 0 Å². The van der Waals surface area contributed by atoms with Crippen LogP contribution in [0.3, 0.4) is 0 Å². The van der Waals surface area contributed by atoms with Crippen LogP contribution in [0.25, 0.3) is 0 Å². The number of carbonyl (C=O) groups is 1. The molecule has 2 aromatic rings. The molecule has 3 heteroatoms. The van der Waals surface area contributed by atoms with Gasteiger partial charge in [-0.25, -0.2) is 4.79 Å². The predicted molar refractivity (Wildman–Crippen MR) is 71.5 cm³/mol. The van der Waals surface area contributed by atoms with Crippen molar-refractivity contribution in [2.75, 3.05) is 0 Å². The quantitative estimate of drug-likeness (QED) is 0.787. The van der Waals surface area contributed by atoms with Crippen LogP contribution in [-0.2, 0) is 11.3 Å². The van der Waals surface area contributed by atoms with Crippen LogP contribution < -0.4 is 0 Å². The maximum atomic E-state index is 11.8. The Morgan fingerprint density at radius 1 is 1.21 bits per heavy atom. The van der Waals surface area contributed by atoms with E-state index in [1.165, 1.54) is 0 Å². The lowest BCUT2D eigenvalue weighted by molar-refractivity contribution is 0.0472. The number of benzene rings is 2. The van der Waals surface area contributed by atoms with Gasteiger partial charge in [-0.3, -0.25) is 0 Å². The number of nitrogens with zero attached hydrogens (tertiary/aromatic N) is 1. The van der Waals surface area contributed by atoms with E-state index in [1.54, 1.807) is 30.3 Å². The molecular formula is C16H13NO2. The number of aryl methyl sites for hydroxylation is 1. The van der Waals surface area contributed by atoms with Crippen molar-refractivity contribution in [3.05, 3.63) is 70.8 Å². The summed E-state index contributed by atoms with van der Waals surface area (Å²) in [6.45, 7) is 2.13. The minimum atomic E-state index is -0.359. The molecule has 0 bridgehead atoms. The van der Waals surface area contributed by atoms with Gasteiger partial charge in [0.15, 0.2) is 0 Å². The molecule has 0 saturated heterocycles. The number of esters is 1. The lowest BCUT2D eigenvalue weighted by Gasteiger charge is -2.05. The zero-order chi connectivity index (χ0) is 13.7. The Kier molecular flexibility index (Phi) is 3.94. The van der Waals surface area contributed by atoms with Crippen LogP contribution in [0.5, 0.6) is 0 Å². The van der Waals surface area contributed by atoms with Crippen LogP contribution in [0.4, 0.5) is 0 Å². The van der Waals surface area contributed by atoms with E-state index in [2.05, 4.69) is 6.07 Å². The van der Waals surface area contributed by atoms with Gasteiger partial charge >= 0.3 is 5.97 Å². The van der Waals surface area contributed by atoms with Crippen LogP contribution in [0.2, 0.25) is 0 Å². The van der Waals surface area contributed by atoms with Gasteiger partial charge in [0.2, 0.25) is 0 Å². The number of hydrogen-bond acceptors (Lipinski definition) is 3. The number of nitriles is 1. The van der Waals surface area contributed by atoms with Gasteiger partial charge < -0.3 is 4.74 Å². The zero-order valence-electron chi connectivity index (χ0n) is 10.6. The molecule has 0 radical (unpaired) electrons. The molecule has 3 nitrogen and oxygen atoms in total. The molecule has 0 N–H and O–H groups in total. The normalized spacial score (nSPS) is 9.68. The van der Waals surface area contributed by atoms with Crippen LogP contribution in [0.15, 0.2) is 48.5 Å². The molecule has 0 spiro atoms. The van der Waals surface area contributed by atoms with E-state index >= 15 is 0 Å². The maximum Gasteiger partial charge on any atom is 0.338 e. The van der Waals surface area contributed by atoms with Gasteiger partial charge in [-0.05, 0) is 36.8 Å². The molecule has 0 amide bonds. The van der Waals surface area contributed by atoms with Crippen molar-refractivity contribution < 1.29 is 9.53 Å². The average Bonchev–Trinajstić information content (AvgIpc) is 2.46. The Labute approximate surface area is 112 Å². The molecule has 0 unspecified atom stereocenters. The minimum Gasteiger partial charge on any atom is -0.457 e. The molecule has 2 rings (SSSR count). The highest BCUT2D eigenvalue weighted by Gasteiger charge is 2.06. The standard InChI is InChI=1S/C16H13NO2/c1-12-5-7-15(8-6-12)16(18)19-11-14-4-2-3-13(9-14)10-17/h2-9H,11H2,1H3. The number of rotatable bonds is 3. The summed E-state index contributed by atoms with van der Waals surface area (Å²) in [6, 6.07) is 16.3. The summed E-state index contributed by atoms with van der Waals surface area (Å²) in [7, 11) is 0. The summed E-state index contributed by atoms with van der Waals surface area (Å²) in [4.78, 5) is 11.8. The molecule has 0 heterocycles. The van der Waals surface area contributed by atoms with Crippen LogP contribution in [0, 0.1) is 18.3 Å². The van der Waals surface area contributed by atoms with Crippen molar-refractivity contribution in [1.29, 1.82) is 5.26 Å². The predicted octanol–water partition coefficient (Wildman–Crippen LogP) is 3.22. The molecular weight excluding hydrogens is 238 g/mol. The number of hydrogen-bond donors (Lipinski definition) is 0. The highest BCUT2D eigenvalue weighted by Crippen LogP contribution is 2.09. The fourth-order valence-electron chi connectivity index (χ4n) is 1.65. The zero-order valence-corrected chi connectivity index (χ0v) is 10.6. The molecule has 19 heavy (non-hydrogen) atoms.